The second-order valence-corrected chi connectivity index (χ2v) is 7.52. The third kappa shape index (κ3) is 3.05. The largest absolute Gasteiger partial charge is 0.399 e. The molecule has 0 spiro atoms. The molecule has 0 saturated heterocycles. The Labute approximate surface area is 117 Å². The molecule has 6 heteroatoms. The van der Waals surface area contributed by atoms with Crippen LogP contribution in [0, 0.1) is 5.92 Å². The van der Waals surface area contributed by atoms with Gasteiger partial charge in [0.25, 0.3) is 0 Å². The van der Waals surface area contributed by atoms with E-state index in [-0.39, 0.29) is 16.9 Å². The highest BCUT2D eigenvalue weighted by atomic mass is 79.9. The second-order valence-electron chi connectivity index (χ2n) is 4.70. The van der Waals surface area contributed by atoms with Gasteiger partial charge < -0.3 is 5.73 Å². The average molecular weight is 335 g/mol. The fourth-order valence-corrected chi connectivity index (χ4v) is 3.96. The van der Waals surface area contributed by atoms with Gasteiger partial charge in [0, 0.05) is 23.2 Å². The van der Waals surface area contributed by atoms with Crippen LogP contribution >= 0.6 is 15.9 Å². The molecule has 0 heterocycles. The van der Waals surface area contributed by atoms with Crippen molar-refractivity contribution in [3.05, 3.63) is 22.7 Å². The number of hydrogen-bond donors (Lipinski definition) is 1. The molecule has 18 heavy (non-hydrogen) atoms. The highest BCUT2D eigenvalue weighted by molar-refractivity contribution is 9.10. The zero-order valence-corrected chi connectivity index (χ0v) is 13.4. The summed E-state index contributed by atoms with van der Waals surface area (Å²) in [6.07, 6.45) is 0. The highest BCUT2D eigenvalue weighted by Gasteiger charge is 2.28. The van der Waals surface area contributed by atoms with Gasteiger partial charge in [0.2, 0.25) is 10.0 Å². The van der Waals surface area contributed by atoms with Crippen LogP contribution in [0.4, 0.5) is 5.69 Å². The van der Waals surface area contributed by atoms with Crippen molar-refractivity contribution in [1.29, 1.82) is 0 Å². The minimum Gasteiger partial charge on any atom is -0.399 e. The van der Waals surface area contributed by atoms with Crippen molar-refractivity contribution in [3.63, 3.8) is 0 Å². The number of hydrogen-bond acceptors (Lipinski definition) is 3. The number of anilines is 1. The van der Waals surface area contributed by atoms with Gasteiger partial charge in [-0.1, -0.05) is 13.8 Å². The van der Waals surface area contributed by atoms with Gasteiger partial charge in [0.1, 0.15) is 0 Å². The molecule has 0 amide bonds. The van der Waals surface area contributed by atoms with Crippen molar-refractivity contribution in [2.75, 3.05) is 12.8 Å². The zero-order chi connectivity index (χ0) is 14.1. The lowest BCUT2D eigenvalue weighted by molar-refractivity contribution is 0.315. The van der Waals surface area contributed by atoms with Crippen LogP contribution in [-0.2, 0) is 10.0 Å². The van der Waals surface area contributed by atoms with E-state index in [2.05, 4.69) is 15.9 Å². The second kappa shape index (κ2) is 5.59. The van der Waals surface area contributed by atoms with Crippen LogP contribution in [0.25, 0.3) is 0 Å². The molecule has 0 aromatic heterocycles. The van der Waals surface area contributed by atoms with E-state index in [1.165, 1.54) is 10.4 Å². The maximum absolute atomic E-state index is 12.5. The average Bonchev–Trinajstić information content (AvgIpc) is 2.29. The summed E-state index contributed by atoms with van der Waals surface area (Å²) in [5.74, 6) is 0.240. The predicted octanol–water partition coefficient (Wildman–Crippen LogP) is 2.70. The molecule has 0 bridgehead atoms. The first-order valence-electron chi connectivity index (χ1n) is 5.71. The maximum Gasteiger partial charge on any atom is 0.244 e. The van der Waals surface area contributed by atoms with Crippen molar-refractivity contribution in [2.24, 2.45) is 5.92 Å². The van der Waals surface area contributed by atoms with E-state index in [1.807, 2.05) is 20.8 Å². The Morgan fingerprint density at radius 3 is 2.33 bits per heavy atom. The summed E-state index contributed by atoms with van der Waals surface area (Å²) < 4.78 is 26.9. The minimum atomic E-state index is -3.53. The number of halogens is 1. The number of nitrogens with zero attached hydrogens (tertiary/aromatic N) is 1. The fraction of sp³-hybridized carbons (Fsp3) is 0.500. The van der Waals surface area contributed by atoms with Crippen molar-refractivity contribution >= 4 is 31.6 Å². The van der Waals surface area contributed by atoms with E-state index >= 15 is 0 Å². The normalized spacial score (nSPS) is 14.2. The van der Waals surface area contributed by atoms with Crippen molar-refractivity contribution in [3.8, 4) is 0 Å². The van der Waals surface area contributed by atoms with Crippen molar-refractivity contribution in [1.82, 2.24) is 4.31 Å². The smallest absolute Gasteiger partial charge is 0.244 e. The number of rotatable bonds is 4. The van der Waals surface area contributed by atoms with Gasteiger partial charge in [-0.2, -0.15) is 4.31 Å². The lowest BCUT2D eigenvalue weighted by Gasteiger charge is -2.27. The summed E-state index contributed by atoms with van der Waals surface area (Å²) in [6, 6.07) is 4.71. The molecule has 102 valence electrons. The van der Waals surface area contributed by atoms with Crippen LogP contribution in [0.3, 0.4) is 0 Å². The Morgan fingerprint density at radius 2 is 1.83 bits per heavy atom. The summed E-state index contributed by atoms with van der Waals surface area (Å²) in [6.45, 7) is 5.87. The number of nitrogen functional groups attached to an aromatic ring is 1. The molecule has 1 atom stereocenters. The van der Waals surface area contributed by atoms with Gasteiger partial charge in [-0.15, -0.1) is 0 Å². The molecule has 0 aliphatic carbocycles. The molecule has 4 nitrogen and oxygen atoms in total. The van der Waals surface area contributed by atoms with Crippen LogP contribution < -0.4 is 5.73 Å². The summed E-state index contributed by atoms with van der Waals surface area (Å²) in [5.41, 5.74) is 6.09. The topological polar surface area (TPSA) is 63.4 Å². The lowest BCUT2D eigenvalue weighted by Crippen LogP contribution is -2.38. The molecular weight excluding hydrogens is 316 g/mol. The monoisotopic (exact) mass is 334 g/mol. The van der Waals surface area contributed by atoms with E-state index in [1.54, 1.807) is 19.2 Å². The summed E-state index contributed by atoms with van der Waals surface area (Å²) in [4.78, 5) is 0.206. The molecule has 0 saturated carbocycles. The van der Waals surface area contributed by atoms with E-state index in [0.717, 1.165) is 0 Å². The molecule has 0 aliphatic heterocycles. The van der Waals surface area contributed by atoms with Crippen molar-refractivity contribution < 1.29 is 8.42 Å². The molecule has 1 aromatic carbocycles. The Kier molecular flexibility index (Phi) is 4.80. The first-order chi connectivity index (χ1) is 8.17. The molecule has 1 aromatic rings. The zero-order valence-electron chi connectivity index (χ0n) is 11.0. The quantitative estimate of drug-likeness (QED) is 0.861. The van der Waals surface area contributed by atoms with E-state index in [0.29, 0.717) is 10.2 Å². The number of benzene rings is 1. The van der Waals surface area contributed by atoms with Crippen LogP contribution in [0.15, 0.2) is 27.6 Å². The van der Waals surface area contributed by atoms with E-state index in [9.17, 15) is 8.42 Å². The van der Waals surface area contributed by atoms with Gasteiger partial charge in [-0.3, -0.25) is 0 Å². The third-order valence-corrected chi connectivity index (χ3v) is 6.09. The maximum atomic E-state index is 12.5. The SMILES string of the molecule is CC(C)C(C)N(C)S(=O)(=O)c1cc(N)ccc1Br. The first-order valence-corrected chi connectivity index (χ1v) is 7.94. The lowest BCUT2D eigenvalue weighted by atomic mass is 10.1. The Bertz CT molecular complexity index is 529. The molecule has 1 unspecified atom stereocenters. The van der Waals surface area contributed by atoms with Gasteiger partial charge in [0.05, 0.1) is 4.90 Å². The third-order valence-electron chi connectivity index (χ3n) is 3.15. The summed E-state index contributed by atoms with van der Waals surface area (Å²) in [7, 11) is -1.94. The molecule has 2 N–H and O–H groups in total. The summed E-state index contributed by atoms with van der Waals surface area (Å²) in [5, 5.41) is 0. The number of sulfonamides is 1. The van der Waals surface area contributed by atoms with Crippen LogP contribution in [-0.4, -0.2) is 25.8 Å². The standard InChI is InChI=1S/C12H19BrN2O2S/c1-8(2)9(3)15(4)18(16,17)12-7-10(14)5-6-11(12)13/h5-9H,14H2,1-4H3. The Hall–Kier alpha value is -0.590. The molecular formula is C12H19BrN2O2S. The fourth-order valence-electron chi connectivity index (χ4n) is 1.51. The van der Waals surface area contributed by atoms with Gasteiger partial charge in [-0.05, 0) is 47.0 Å². The highest BCUT2D eigenvalue weighted by Crippen LogP contribution is 2.28. The van der Waals surface area contributed by atoms with Crippen LogP contribution in [0.1, 0.15) is 20.8 Å². The Morgan fingerprint density at radius 1 is 1.28 bits per heavy atom. The summed E-state index contributed by atoms with van der Waals surface area (Å²) >= 11 is 3.26. The van der Waals surface area contributed by atoms with E-state index in [4.69, 9.17) is 5.73 Å². The van der Waals surface area contributed by atoms with E-state index < -0.39 is 10.0 Å². The first kappa shape index (κ1) is 15.5. The molecule has 1 rings (SSSR count). The Balaban J connectivity index is 3.25. The van der Waals surface area contributed by atoms with Crippen LogP contribution in [0.2, 0.25) is 0 Å². The molecule has 0 aliphatic rings. The molecule has 0 radical (unpaired) electrons. The van der Waals surface area contributed by atoms with Crippen molar-refractivity contribution in [2.45, 2.75) is 31.7 Å². The van der Waals surface area contributed by atoms with Gasteiger partial charge in [0.15, 0.2) is 0 Å². The predicted molar refractivity (Wildman–Crippen MR) is 77.8 cm³/mol. The number of nitrogens with two attached hydrogens (primary N) is 1. The van der Waals surface area contributed by atoms with Gasteiger partial charge >= 0.3 is 0 Å². The van der Waals surface area contributed by atoms with Crippen LogP contribution in [0.5, 0.6) is 0 Å². The molecule has 0 fully saturated rings. The van der Waals surface area contributed by atoms with Gasteiger partial charge in [-0.25, -0.2) is 8.42 Å². The minimum absolute atomic E-state index is 0.0802.